The van der Waals surface area contributed by atoms with Gasteiger partial charge in [0.1, 0.15) is 12.4 Å². The van der Waals surface area contributed by atoms with E-state index in [9.17, 15) is 4.79 Å². The van der Waals surface area contributed by atoms with Crippen molar-refractivity contribution >= 4 is 17.3 Å². The molecule has 1 aromatic carbocycles. The van der Waals surface area contributed by atoms with Crippen molar-refractivity contribution in [1.82, 2.24) is 10.1 Å². The third-order valence-electron chi connectivity index (χ3n) is 4.12. The third kappa shape index (κ3) is 4.53. The minimum atomic E-state index is -0.462. The lowest BCUT2D eigenvalue weighted by Crippen LogP contribution is -2.16. The molecule has 2 aromatic heterocycles. The summed E-state index contributed by atoms with van der Waals surface area (Å²) >= 11 is 1.55. The predicted octanol–water partition coefficient (Wildman–Crippen LogP) is 3.71. The van der Waals surface area contributed by atoms with Crippen molar-refractivity contribution in [3.05, 3.63) is 52.5 Å². The first-order valence-corrected chi connectivity index (χ1v) is 9.59. The lowest BCUT2D eigenvalue weighted by Gasteiger charge is -2.11. The molecule has 0 radical (unpaired) electrons. The molecule has 1 aliphatic heterocycles. The van der Waals surface area contributed by atoms with Gasteiger partial charge in [0.15, 0.2) is 6.61 Å². The summed E-state index contributed by atoms with van der Waals surface area (Å²) in [6.45, 7) is 1.24. The molecular formula is C19H18N2O5S. The molecule has 1 aliphatic rings. The van der Waals surface area contributed by atoms with Gasteiger partial charge in [-0.15, -0.1) is 0 Å². The lowest BCUT2D eigenvalue weighted by atomic mass is 10.2. The first-order chi connectivity index (χ1) is 13.3. The van der Waals surface area contributed by atoms with E-state index in [4.69, 9.17) is 18.7 Å². The zero-order chi connectivity index (χ0) is 18.5. The molecule has 140 valence electrons. The molecule has 1 fully saturated rings. The van der Waals surface area contributed by atoms with Crippen molar-refractivity contribution in [2.75, 3.05) is 13.2 Å². The molecule has 1 unspecified atom stereocenters. The molecule has 4 rings (SSSR count). The van der Waals surface area contributed by atoms with E-state index in [1.54, 1.807) is 35.6 Å². The van der Waals surface area contributed by atoms with Gasteiger partial charge < -0.3 is 18.7 Å². The molecule has 0 saturated carbocycles. The zero-order valence-electron chi connectivity index (χ0n) is 14.5. The molecular weight excluding hydrogens is 368 g/mol. The summed E-state index contributed by atoms with van der Waals surface area (Å²) in [5.41, 5.74) is 1.30. The van der Waals surface area contributed by atoms with E-state index in [1.807, 2.05) is 16.8 Å². The Balaban J connectivity index is 1.28. The van der Waals surface area contributed by atoms with Gasteiger partial charge in [0, 0.05) is 17.6 Å². The number of rotatable bonds is 7. The summed E-state index contributed by atoms with van der Waals surface area (Å²) in [4.78, 5) is 16.4. The number of esters is 1. The smallest absolute Gasteiger partial charge is 0.338 e. The summed E-state index contributed by atoms with van der Waals surface area (Å²) in [7, 11) is 0. The van der Waals surface area contributed by atoms with E-state index in [0.717, 1.165) is 25.0 Å². The summed E-state index contributed by atoms with van der Waals surface area (Å²) in [6.07, 6.45) is 2.25. The number of hydrogen-bond acceptors (Lipinski definition) is 8. The molecule has 1 atom stereocenters. The van der Waals surface area contributed by atoms with Crippen LogP contribution in [0.4, 0.5) is 0 Å². The highest BCUT2D eigenvalue weighted by Gasteiger charge is 2.16. The summed E-state index contributed by atoms with van der Waals surface area (Å²) in [6, 6.07) is 8.71. The van der Waals surface area contributed by atoms with E-state index >= 15 is 0 Å². The van der Waals surface area contributed by atoms with Crippen molar-refractivity contribution in [3.8, 4) is 17.1 Å². The van der Waals surface area contributed by atoms with Crippen molar-refractivity contribution in [2.24, 2.45) is 0 Å². The van der Waals surface area contributed by atoms with Crippen LogP contribution < -0.4 is 4.74 Å². The Labute approximate surface area is 159 Å². The van der Waals surface area contributed by atoms with Crippen molar-refractivity contribution < 1.29 is 23.5 Å². The number of benzene rings is 1. The second-order valence-electron chi connectivity index (χ2n) is 6.07. The Bertz CT molecular complexity index is 870. The van der Waals surface area contributed by atoms with E-state index < -0.39 is 5.97 Å². The second-order valence-corrected chi connectivity index (χ2v) is 6.85. The minimum absolute atomic E-state index is 0.0762. The average molecular weight is 386 g/mol. The van der Waals surface area contributed by atoms with Crippen molar-refractivity contribution in [3.63, 3.8) is 0 Å². The number of thiophene rings is 1. The van der Waals surface area contributed by atoms with E-state index in [-0.39, 0.29) is 18.6 Å². The van der Waals surface area contributed by atoms with E-state index in [2.05, 4.69) is 10.1 Å². The molecule has 0 amide bonds. The summed E-state index contributed by atoms with van der Waals surface area (Å²) in [5.74, 6) is 0.964. The minimum Gasteiger partial charge on any atom is -0.491 e. The van der Waals surface area contributed by atoms with Crippen LogP contribution in [0.1, 0.15) is 29.1 Å². The number of aromatic nitrogens is 2. The number of carbonyl (C=O) groups is 1. The first-order valence-electron chi connectivity index (χ1n) is 8.65. The van der Waals surface area contributed by atoms with Crippen LogP contribution in [0.3, 0.4) is 0 Å². The fourth-order valence-electron chi connectivity index (χ4n) is 2.69. The molecule has 1 saturated heterocycles. The Morgan fingerprint density at radius 1 is 1.26 bits per heavy atom. The highest BCUT2D eigenvalue weighted by atomic mass is 32.1. The van der Waals surface area contributed by atoms with Crippen LogP contribution in [0.5, 0.6) is 5.75 Å². The van der Waals surface area contributed by atoms with Crippen LogP contribution in [0.15, 0.2) is 45.6 Å². The number of nitrogens with zero attached hydrogens (tertiary/aromatic N) is 2. The Morgan fingerprint density at radius 2 is 2.15 bits per heavy atom. The monoisotopic (exact) mass is 386 g/mol. The van der Waals surface area contributed by atoms with Crippen molar-refractivity contribution in [1.29, 1.82) is 0 Å². The Morgan fingerprint density at radius 3 is 2.89 bits per heavy atom. The molecule has 8 heteroatoms. The molecule has 27 heavy (non-hydrogen) atoms. The topological polar surface area (TPSA) is 83.7 Å². The van der Waals surface area contributed by atoms with Crippen LogP contribution in [-0.4, -0.2) is 35.4 Å². The quantitative estimate of drug-likeness (QED) is 0.572. The molecule has 0 N–H and O–H groups in total. The lowest BCUT2D eigenvalue weighted by molar-refractivity contribution is 0.0429. The van der Waals surface area contributed by atoms with Crippen LogP contribution >= 0.6 is 11.3 Å². The summed E-state index contributed by atoms with van der Waals surface area (Å²) < 4.78 is 21.5. The highest BCUT2D eigenvalue weighted by molar-refractivity contribution is 7.08. The first kappa shape index (κ1) is 17.7. The fourth-order valence-corrected chi connectivity index (χ4v) is 3.32. The van der Waals surface area contributed by atoms with Gasteiger partial charge in [-0.25, -0.2) is 4.79 Å². The number of hydrogen-bond donors (Lipinski definition) is 0. The third-order valence-corrected chi connectivity index (χ3v) is 4.81. The molecule has 0 aliphatic carbocycles. The van der Waals surface area contributed by atoms with Gasteiger partial charge in [0.2, 0.25) is 5.82 Å². The summed E-state index contributed by atoms with van der Waals surface area (Å²) in [5, 5.41) is 7.73. The van der Waals surface area contributed by atoms with E-state index in [1.165, 1.54) is 0 Å². The molecule has 0 bridgehead atoms. The van der Waals surface area contributed by atoms with Gasteiger partial charge in [0.05, 0.1) is 11.7 Å². The Hall–Kier alpha value is -2.71. The zero-order valence-corrected chi connectivity index (χ0v) is 15.3. The highest BCUT2D eigenvalue weighted by Crippen LogP contribution is 2.20. The maximum atomic E-state index is 12.2. The molecule has 3 heterocycles. The van der Waals surface area contributed by atoms with Gasteiger partial charge in [-0.3, -0.25) is 0 Å². The average Bonchev–Trinajstić information content (AvgIpc) is 3.47. The normalized spacial score (nSPS) is 16.4. The van der Waals surface area contributed by atoms with Gasteiger partial charge in [0.25, 0.3) is 5.89 Å². The van der Waals surface area contributed by atoms with Crippen LogP contribution in [-0.2, 0) is 16.1 Å². The van der Waals surface area contributed by atoms with Gasteiger partial charge in [-0.05, 0) is 48.6 Å². The van der Waals surface area contributed by atoms with Gasteiger partial charge >= 0.3 is 5.97 Å². The van der Waals surface area contributed by atoms with Gasteiger partial charge in [-0.1, -0.05) is 5.16 Å². The standard InChI is InChI=1S/C19H18N2O5S/c22-19(25-11-17-20-18(21-26-17)14-7-9-27-12-14)13-3-5-15(6-4-13)24-10-16-2-1-8-23-16/h3-7,9,12,16H,1-2,8,10-11H2. The SMILES string of the molecule is O=C(OCc1nc(-c2ccsc2)no1)c1ccc(OCC2CCCO2)cc1. The van der Waals surface area contributed by atoms with Crippen LogP contribution in [0.2, 0.25) is 0 Å². The predicted molar refractivity (Wildman–Crippen MR) is 97.6 cm³/mol. The molecule has 0 spiro atoms. The van der Waals surface area contributed by atoms with Gasteiger partial charge in [-0.2, -0.15) is 16.3 Å². The number of ether oxygens (including phenoxy) is 3. The van der Waals surface area contributed by atoms with Crippen molar-refractivity contribution in [2.45, 2.75) is 25.6 Å². The fraction of sp³-hybridized carbons (Fsp3) is 0.316. The second kappa shape index (κ2) is 8.32. The van der Waals surface area contributed by atoms with E-state index in [0.29, 0.717) is 23.7 Å². The maximum absolute atomic E-state index is 12.2. The largest absolute Gasteiger partial charge is 0.491 e. The molecule has 3 aromatic rings. The molecule has 7 nitrogen and oxygen atoms in total. The van der Waals surface area contributed by atoms with Crippen LogP contribution in [0, 0.1) is 0 Å². The Kier molecular flexibility index (Phi) is 5.45. The van der Waals surface area contributed by atoms with Crippen LogP contribution in [0.25, 0.3) is 11.4 Å². The number of carbonyl (C=O) groups excluding carboxylic acids is 1. The maximum Gasteiger partial charge on any atom is 0.338 e.